The minimum Gasteiger partial charge on any atom is -0.459 e. The van der Waals surface area contributed by atoms with Crippen LogP contribution in [0.1, 0.15) is 74.1 Å². The first-order valence-electron chi connectivity index (χ1n) is 13.4. The summed E-state index contributed by atoms with van der Waals surface area (Å²) in [7, 11) is 0. The van der Waals surface area contributed by atoms with Gasteiger partial charge in [0.05, 0.1) is 42.2 Å². The molecule has 4 atom stereocenters. The van der Waals surface area contributed by atoms with Crippen LogP contribution in [-0.4, -0.2) is 102 Å². The number of ether oxygens (including phenoxy) is 4. The number of esters is 2. The molecule has 0 aliphatic carbocycles. The summed E-state index contributed by atoms with van der Waals surface area (Å²) in [6.07, 6.45) is -2.27. The minimum absolute atomic E-state index is 0.0615. The molecule has 0 radical (unpaired) electrons. The van der Waals surface area contributed by atoms with Crippen LogP contribution in [-0.2, 0) is 18.9 Å². The Morgan fingerprint density at radius 1 is 0.561 bits per heavy atom. The third-order valence-corrected chi connectivity index (χ3v) is 5.33. The zero-order chi connectivity index (χ0) is 31.2. The summed E-state index contributed by atoms with van der Waals surface area (Å²) in [5.74, 6) is -1.12. The van der Waals surface area contributed by atoms with Gasteiger partial charge in [-0.2, -0.15) is 0 Å². The van der Waals surface area contributed by atoms with Gasteiger partial charge in [-0.05, 0) is 49.9 Å². The first kappa shape index (κ1) is 37.5. The SMILES string of the molecule is CCC(O)COC(=O)NCNC(=O)OCC(O)CC.CCC(O)COC(=O)c1ccc(C(=O)OCC(O)CC)cc1. The fourth-order valence-corrected chi connectivity index (χ4v) is 2.36. The van der Waals surface area contributed by atoms with E-state index in [-0.39, 0.29) is 44.2 Å². The molecule has 0 heterocycles. The van der Waals surface area contributed by atoms with E-state index in [9.17, 15) is 29.4 Å². The number of carbonyl (C=O) groups is 4. The number of hydrogen-bond acceptors (Lipinski definition) is 12. The van der Waals surface area contributed by atoms with Crippen molar-refractivity contribution in [2.24, 2.45) is 0 Å². The largest absolute Gasteiger partial charge is 0.459 e. The van der Waals surface area contributed by atoms with Crippen molar-refractivity contribution < 1.29 is 58.6 Å². The predicted molar refractivity (Wildman–Crippen MR) is 146 cm³/mol. The van der Waals surface area contributed by atoms with Crippen molar-refractivity contribution in [3.05, 3.63) is 35.4 Å². The van der Waals surface area contributed by atoms with E-state index < -0.39 is 48.5 Å². The van der Waals surface area contributed by atoms with Crippen molar-refractivity contribution in [1.82, 2.24) is 10.6 Å². The summed E-state index contributed by atoms with van der Waals surface area (Å²) in [6.45, 7) is 6.60. The molecule has 234 valence electrons. The molecule has 41 heavy (non-hydrogen) atoms. The lowest BCUT2D eigenvalue weighted by atomic mass is 10.1. The molecule has 2 amide bonds. The summed E-state index contributed by atoms with van der Waals surface area (Å²) in [4.78, 5) is 45.6. The maximum absolute atomic E-state index is 11.7. The summed E-state index contributed by atoms with van der Waals surface area (Å²) in [5.41, 5.74) is 0.571. The van der Waals surface area contributed by atoms with Gasteiger partial charge in [-0.3, -0.25) is 0 Å². The smallest absolute Gasteiger partial charge is 0.408 e. The third kappa shape index (κ3) is 18.5. The molecule has 1 aromatic rings. The molecule has 14 heteroatoms. The van der Waals surface area contributed by atoms with E-state index in [4.69, 9.17) is 19.7 Å². The first-order chi connectivity index (χ1) is 19.5. The molecule has 0 saturated heterocycles. The Morgan fingerprint density at radius 2 is 0.829 bits per heavy atom. The lowest BCUT2D eigenvalue weighted by Gasteiger charge is -2.12. The van der Waals surface area contributed by atoms with Crippen molar-refractivity contribution in [3.8, 4) is 0 Å². The number of aliphatic hydroxyl groups is 4. The highest BCUT2D eigenvalue weighted by molar-refractivity contribution is 5.93. The van der Waals surface area contributed by atoms with Gasteiger partial charge in [0, 0.05) is 0 Å². The topological polar surface area (TPSA) is 210 Å². The van der Waals surface area contributed by atoms with Gasteiger partial charge in [0.1, 0.15) is 26.4 Å². The Morgan fingerprint density at radius 3 is 1.10 bits per heavy atom. The summed E-state index contributed by atoms with van der Waals surface area (Å²) >= 11 is 0. The summed E-state index contributed by atoms with van der Waals surface area (Å²) < 4.78 is 19.2. The van der Waals surface area contributed by atoms with E-state index in [0.717, 1.165) is 0 Å². The number of benzene rings is 1. The molecular weight excluding hydrogens is 544 g/mol. The Hall–Kier alpha value is -3.46. The number of hydrogen-bond donors (Lipinski definition) is 6. The van der Waals surface area contributed by atoms with E-state index in [1.807, 2.05) is 0 Å². The maximum atomic E-state index is 11.7. The highest BCUT2D eigenvalue weighted by Crippen LogP contribution is 2.09. The highest BCUT2D eigenvalue weighted by Gasteiger charge is 2.13. The van der Waals surface area contributed by atoms with Crippen LogP contribution >= 0.6 is 0 Å². The first-order valence-corrected chi connectivity index (χ1v) is 13.4. The molecule has 0 fully saturated rings. The number of amides is 2. The number of carbonyl (C=O) groups excluding carboxylic acids is 4. The second-order valence-corrected chi connectivity index (χ2v) is 8.75. The average Bonchev–Trinajstić information content (AvgIpc) is 2.99. The number of nitrogens with one attached hydrogen (secondary N) is 2. The van der Waals surface area contributed by atoms with E-state index in [1.165, 1.54) is 24.3 Å². The van der Waals surface area contributed by atoms with E-state index in [1.54, 1.807) is 27.7 Å². The van der Waals surface area contributed by atoms with Gasteiger partial charge < -0.3 is 50.0 Å². The van der Waals surface area contributed by atoms with E-state index in [0.29, 0.717) is 25.7 Å². The highest BCUT2D eigenvalue weighted by atomic mass is 16.6. The van der Waals surface area contributed by atoms with Gasteiger partial charge >= 0.3 is 24.1 Å². The predicted octanol–water partition coefficient (Wildman–Crippen LogP) is 1.48. The molecule has 0 aliphatic rings. The lowest BCUT2D eigenvalue weighted by molar-refractivity contribution is 0.0242. The maximum Gasteiger partial charge on any atom is 0.408 e. The van der Waals surface area contributed by atoms with Crippen LogP contribution in [0.2, 0.25) is 0 Å². The second-order valence-electron chi connectivity index (χ2n) is 8.75. The van der Waals surface area contributed by atoms with Gasteiger partial charge in [-0.25, -0.2) is 19.2 Å². The molecule has 0 spiro atoms. The van der Waals surface area contributed by atoms with Crippen molar-refractivity contribution >= 4 is 24.1 Å². The molecule has 4 unspecified atom stereocenters. The van der Waals surface area contributed by atoms with Crippen LogP contribution in [0.5, 0.6) is 0 Å². The molecule has 0 aliphatic heterocycles. The number of alkyl carbamates (subject to hydrolysis) is 2. The van der Waals surface area contributed by atoms with Crippen molar-refractivity contribution in [3.63, 3.8) is 0 Å². The van der Waals surface area contributed by atoms with Crippen LogP contribution in [0.15, 0.2) is 24.3 Å². The normalized spacial score (nSPS) is 13.3. The van der Waals surface area contributed by atoms with E-state index >= 15 is 0 Å². The monoisotopic (exact) mass is 588 g/mol. The molecule has 0 saturated carbocycles. The molecular formula is C27H44N2O12. The molecule has 1 rings (SSSR count). The fraction of sp³-hybridized carbons (Fsp3) is 0.630. The van der Waals surface area contributed by atoms with Gasteiger partial charge in [0.25, 0.3) is 0 Å². The molecule has 14 nitrogen and oxygen atoms in total. The fourth-order valence-electron chi connectivity index (χ4n) is 2.36. The quantitative estimate of drug-likeness (QED) is 0.0921. The Bertz CT molecular complexity index is 826. The molecule has 6 N–H and O–H groups in total. The number of rotatable bonds is 16. The average molecular weight is 589 g/mol. The van der Waals surface area contributed by atoms with Crippen LogP contribution in [0.4, 0.5) is 9.59 Å². The third-order valence-electron chi connectivity index (χ3n) is 5.33. The van der Waals surface area contributed by atoms with Crippen LogP contribution < -0.4 is 10.6 Å². The van der Waals surface area contributed by atoms with Gasteiger partial charge in [-0.15, -0.1) is 0 Å². The van der Waals surface area contributed by atoms with Crippen LogP contribution in [0.3, 0.4) is 0 Å². The van der Waals surface area contributed by atoms with Gasteiger partial charge in [0.2, 0.25) is 0 Å². The zero-order valence-electron chi connectivity index (χ0n) is 24.0. The summed E-state index contributed by atoms with van der Waals surface area (Å²) in [6, 6.07) is 5.81. The Labute approximate surface area is 239 Å². The molecule has 0 bridgehead atoms. The van der Waals surface area contributed by atoms with Crippen molar-refractivity contribution in [1.29, 1.82) is 0 Å². The van der Waals surface area contributed by atoms with Crippen LogP contribution in [0.25, 0.3) is 0 Å². The van der Waals surface area contributed by atoms with Gasteiger partial charge in [-0.1, -0.05) is 27.7 Å². The Kier molecular flexibility index (Phi) is 20.4. The molecule has 1 aromatic carbocycles. The second kappa shape index (κ2) is 22.3. The Balaban J connectivity index is 0.000000790. The van der Waals surface area contributed by atoms with E-state index in [2.05, 4.69) is 20.1 Å². The minimum atomic E-state index is -0.749. The van der Waals surface area contributed by atoms with Crippen LogP contribution in [0, 0.1) is 0 Å². The van der Waals surface area contributed by atoms with Crippen molar-refractivity contribution in [2.75, 3.05) is 33.1 Å². The lowest BCUT2D eigenvalue weighted by Crippen LogP contribution is -2.39. The zero-order valence-corrected chi connectivity index (χ0v) is 24.0. The summed E-state index contributed by atoms with van der Waals surface area (Å²) in [5, 5.41) is 41.5. The van der Waals surface area contributed by atoms with Gasteiger partial charge in [0.15, 0.2) is 0 Å². The standard InChI is InChI=1S/C16H22O6.C11H22N2O6/c1-3-13(17)9-21-15(19)11-5-7-12(8-6-11)16(20)22-10-14(18)4-2;1-3-8(14)5-18-10(16)12-7-13-11(17)19-6-9(15)4-2/h5-8,13-14,17-18H,3-4,9-10H2,1-2H3;8-9,14-15H,3-7H2,1-2H3,(H,12,16)(H,13,17). The number of aliphatic hydroxyl groups excluding tert-OH is 4. The molecule has 0 aromatic heterocycles. The van der Waals surface area contributed by atoms with Crippen molar-refractivity contribution in [2.45, 2.75) is 77.8 Å².